The Hall–Kier alpha value is -4.60. The van der Waals surface area contributed by atoms with Crippen molar-refractivity contribution in [3.8, 4) is 22.8 Å². The van der Waals surface area contributed by atoms with E-state index in [1.165, 1.54) is 19.2 Å². The third kappa shape index (κ3) is 3.75. The molecular weight excluding hydrogens is 437 g/mol. The quantitative estimate of drug-likeness (QED) is 0.423. The highest BCUT2D eigenvalue weighted by molar-refractivity contribution is 5.86. The van der Waals surface area contributed by atoms with E-state index in [1.54, 1.807) is 30.7 Å². The fourth-order valence-corrected chi connectivity index (χ4v) is 3.83. The van der Waals surface area contributed by atoms with Crippen LogP contribution in [0.3, 0.4) is 0 Å². The number of methoxy groups -OCH3 is 1. The first-order chi connectivity index (χ1) is 16.4. The van der Waals surface area contributed by atoms with Gasteiger partial charge in [0.15, 0.2) is 5.82 Å². The number of hydrogen-bond acceptors (Lipinski definition) is 6. The predicted molar refractivity (Wildman–Crippen MR) is 125 cm³/mol. The molecule has 0 saturated heterocycles. The monoisotopic (exact) mass is 457 g/mol. The van der Waals surface area contributed by atoms with Crippen molar-refractivity contribution in [2.45, 2.75) is 13.8 Å². The number of aryl methyl sites for hydroxylation is 2. The number of halogens is 1. The number of aromatic nitrogens is 6. The third-order valence-electron chi connectivity index (χ3n) is 5.45. The lowest BCUT2D eigenvalue weighted by molar-refractivity contribution is 0.187. The molecule has 10 heteroatoms. The van der Waals surface area contributed by atoms with E-state index in [-0.39, 0.29) is 5.82 Å². The normalized spacial score (nSPS) is 11.1. The molecule has 0 aliphatic rings. The van der Waals surface area contributed by atoms with Crippen molar-refractivity contribution in [1.82, 2.24) is 29.3 Å². The molecule has 0 aliphatic carbocycles. The average Bonchev–Trinajstić information content (AvgIpc) is 3.44. The molecule has 170 valence electrons. The van der Waals surface area contributed by atoms with Gasteiger partial charge >= 0.3 is 6.09 Å². The van der Waals surface area contributed by atoms with E-state index in [2.05, 4.69) is 30.2 Å². The number of hydrogen-bond donors (Lipinski definition) is 1. The molecule has 0 fully saturated rings. The number of ether oxygens (including phenoxy) is 1. The van der Waals surface area contributed by atoms with Gasteiger partial charge in [-0.15, -0.1) is 10.2 Å². The van der Waals surface area contributed by atoms with Gasteiger partial charge in [-0.05, 0) is 67.9 Å². The van der Waals surface area contributed by atoms with E-state index in [1.807, 2.05) is 41.2 Å². The van der Waals surface area contributed by atoms with Gasteiger partial charge in [0.05, 0.1) is 30.0 Å². The van der Waals surface area contributed by atoms with Crippen molar-refractivity contribution in [2.75, 3.05) is 12.4 Å². The number of fused-ring (bicyclic) bond motifs is 1. The van der Waals surface area contributed by atoms with Gasteiger partial charge in [-0.25, -0.2) is 19.2 Å². The SMILES string of the molecule is COC(=O)Nc1ccc(-n2cnc3c(C)cc(-c4nnc(C)n4-c4ccc(F)cc4)cc32)cn1. The second kappa shape index (κ2) is 8.39. The van der Waals surface area contributed by atoms with Crippen LogP contribution in [0.2, 0.25) is 0 Å². The van der Waals surface area contributed by atoms with Crippen LogP contribution in [0.25, 0.3) is 33.8 Å². The maximum absolute atomic E-state index is 13.5. The summed E-state index contributed by atoms with van der Waals surface area (Å²) in [6, 6.07) is 13.7. The Morgan fingerprint density at radius 3 is 2.47 bits per heavy atom. The van der Waals surface area contributed by atoms with Gasteiger partial charge < -0.3 is 4.74 Å². The Bertz CT molecular complexity index is 1510. The average molecular weight is 457 g/mol. The summed E-state index contributed by atoms with van der Waals surface area (Å²) in [7, 11) is 1.29. The van der Waals surface area contributed by atoms with Crippen LogP contribution in [-0.4, -0.2) is 42.5 Å². The number of rotatable bonds is 4. The number of benzene rings is 2. The van der Waals surface area contributed by atoms with Crippen LogP contribution in [0.4, 0.5) is 15.0 Å². The topological polar surface area (TPSA) is 99.7 Å². The number of imidazole rings is 1. The lowest BCUT2D eigenvalue weighted by Gasteiger charge is -2.11. The largest absolute Gasteiger partial charge is 0.453 e. The molecule has 0 bridgehead atoms. The molecule has 1 N–H and O–H groups in total. The summed E-state index contributed by atoms with van der Waals surface area (Å²) >= 11 is 0. The van der Waals surface area contributed by atoms with Crippen LogP contribution in [0.1, 0.15) is 11.4 Å². The number of carbonyl (C=O) groups is 1. The molecule has 1 amide bonds. The van der Waals surface area contributed by atoms with Gasteiger partial charge in [0.25, 0.3) is 0 Å². The Balaban J connectivity index is 1.59. The summed E-state index contributed by atoms with van der Waals surface area (Å²) in [5.74, 6) is 1.39. The van der Waals surface area contributed by atoms with Gasteiger partial charge in [-0.2, -0.15) is 0 Å². The smallest absolute Gasteiger partial charge is 0.412 e. The maximum Gasteiger partial charge on any atom is 0.412 e. The minimum atomic E-state index is -0.589. The molecule has 0 spiro atoms. The fraction of sp³-hybridized carbons (Fsp3) is 0.125. The van der Waals surface area contributed by atoms with Gasteiger partial charge in [0.1, 0.15) is 23.8 Å². The summed E-state index contributed by atoms with van der Waals surface area (Å²) in [6.45, 7) is 3.83. The highest BCUT2D eigenvalue weighted by Crippen LogP contribution is 2.29. The first kappa shape index (κ1) is 21.3. The number of anilines is 1. The summed E-state index contributed by atoms with van der Waals surface area (Å²) < 4.78 is 21.9. The molecule has 0 saturated carbocycles. The number of carbonyl (C=O) groups excluding carboxylic acids is 1. The summed E-state index contributed by atoms with van der Waals surface area (Å²) in [5.41, 5.74) is 5.04. The van der Waals surface area contributed by atoms with Gasteiger partial charge in [-0.3, -0.25) is 14.5 Å². The minimum absolute atomic E-state index is 0.307. The molecule has 5 rings (SSSR count). The fourth-order valence-electron chi connectivity index (χ4n) is 3.83. The number of nitrogens with zero attached hydrogens (tertiary/aromatic N) is 6. The zero-order valence-corrected chi connectivity index (χ0v) is 18.7. The molecule has 0 atom stereocenters. The number of pyridine rings is 1. The summed E-state index contributed by atoms with van der Waals surface area (Å²) in [4.78, 5) is 20.3. The zero-order valence-electron chi connectivity index (χ0n) is 18.7. The van der Waals surface area contributed by atoms with Crippen molar-refractivity contribution in [3.63, 3.8) is 0 Å². The van der Waals surface area contributed by atoms with E-state index >= 15 is 0 Å². The lowest BCUT2D eigenvalue weighted by Crippen LogP contribution is -2.12. The first-order valence-electron chi connectivity index (χ1n) is 10.4. The van der Waals surface area contributed by atoms with Crippen molar-refractivity contribution in [2.24, 2.45) is 0 Å². The van der Waals surface area contributed by atoms with Crippen molar-refractivity contribution < 1.29 is 13.9 Å². The van der Waals surface area contributed by atoms with E-state index in [0.29, 0.717) is 17.5 Å². The molecule has 0 unspecified atom stereocenters. The maximum atomic E-state index is 13.5. The zero-order chi connectivity index (χ0) is 23.8. The molecule has 5 aromatic rings. The summed E-state index contributed by atoms with van der Waals surface area (Å²) in [5, 5.41) is 11.2. The van der Waals surface area contributed by atoms with Crippen LogP contribution in [0, 0.1) is 19.7 Å². The van der Waals surface area contributed by atoms with Crippen LogP contribution >= 0.6 is 0 Å². The van der Waals surface area contributed by atoms with Crippen molar-refractivity contribution in [3.05, 3.63) is 78.3 Å². The molecular formula is C24H20FN7O2. The van der Waals surface area contributed by atoms with Crippen LogP contribution in [0.5, 0.6) is 0 Å². The van der Waals surface area contributed by atoms with Crippen LogP contribution in [-0.2, 0) is 4.74 Å². The Kier molecular flexibility index (Phi) is 5.25. The number of amides is 1. The third-order valence-corrected chi connectivity index (χ3v) is 5.45. The van der Waals surface area contributed by atoms with Gasteiger partial charge in [0, 0.05) is 11.3 Å². The molecule has 0 aliphatic heterocycles. The van der Waals surface area contributed by atoms with Gasteiger partial charge in [-0.1, -0.05) is 0 Å². The number of nitrogens with one attached hydrogen (secondary N) is 1. The molecule has 2 aromatic carbocycles. The molecule has 0 radical (unpaired) electrons. The predicted octanol–water partition coefficient (Wildman–Crippen LogP) is 4.60. The van der Waals surface area contributed by atoms with E-state index < -0.39 is 6.09 Å². The second-order valence-electron chi connectivity index (χ2n) is 7.68. The minimum Gasteiger partial charge on any atom is -0.453 e. The molecule has 9 nitrogen and oxygen atoms in total. The van der Waals surface area contributed by atoms with Gasteiger partial charge in [0.2, 0.25) is 0 Å². The molecule has 3 aromatic heterocycles. The van der Waals surface area contributed by atoms with Crippen LogP contribution in [0.15, 0.2) is 61.1 Å². The van der Waals surface area contributed by atoms with E-state index in [4.69, 9.17) is 0 Å². The van der Waals surface area contributed by atoms with Crippen molar-refractivity contribution in [1.29, 1.82) is 0 Å². The Labute approximate surface area is 193 Å². The van der Waals surface area contributed by atoms with E-state index in [9.17, 15) is 9.18 Å². The van der Waals surface area contributed by atoms with Crippen molar-refractivity contribution >= 4 is 22.9 Å². The second-order valence-corrected chi connectivity index (χ2v) is 7.68. The molecule has 34 heavy (non-hydrogen) atoms. The molecule has 3 heterocycles. The summed E-state index contributed by atoms with van der Waals surface area (Å²) in [6.07, 6.45) is 2.77. The lowest BCUT2D eigenvalue weighted by atomic mass is 10.1. The van der Waals surface area contributed by atoms with Crippen LogP contribution < -0.4 is 5.32 Å². The highest BCUT2D eigenvalue weighted by atomic mass is 19.1. The Morgan fingerprint density at radius 1 is 1.00 bits per heavy atom. The Morgan fingerprint density at radius 2 is 1.76 bits per heavy atom. The standard InChI is InChI=1S/C24H20FN7O2/c1-14-10-16(23-30-29-15(2)32(23)18-6-4-17(25)5-7-18)11-20-22(14)27-13-31(20)19-8-9-21(26-12-19)28-24(33)34-3/h4-13H,1-3H3,(H,26,28,33). The highest BCUT2D eigenvalue weighted by Gasteiger charge is 2.17. The van der Waals surface area contributed by atoms with E-state index in [0.717, 1.165) is 33.5 Å². The first-order valence-corrected chi connectivity index (χ1v) is 10.4.